The zero-order valence-corrected chi connectivity index (χ0v) is 12.7. The van der Waals surface area contributed by atoms with E-state index in [1.165, 1.54) is 0 Å². The Morgan fingerprint density at radius 3 is 2.62 bits per heavy atom. The van der Waals surface area contributed by atoms with E-state index < -0.39 is 10.0 Å². The van der Waals surface area contributed by atoms with Crippen molar-refractivity contribution in [3.05, 3.63) is 35.4 Å². The summed E-state index contributed by atoms with van der Waals surface area (Å²) in [5, 5.41) is 2.72. The maximum atomic E-state index is 11.9. The number of rotatable bonds is 8. The molecule has 1 aromatic carbocycles. The lowest BCUT2D eigenvalue weighted by Gasteiger charge is -2.08. The molecular formula is C14H21N3O3S. The SMILES string of the molecule is NCc1cccc(CS(=O)(=O)NCCNC(=O)C2CC2)c1. The minimum absolute atomic E-state index is 0.0184. The molecule has 1 aromatic rings. The summed E-state index contributed by atoms with van der Waals surface area (Å²) < 4.78 is 26.4. The molecule has 0 radical (unpaired) electrons. The van der Waals surface area contributed by atoms with Crippen molar-refractivity contribution < 1.29 is 13.2 Å². The molecule has 21 heavy (non-hydrogen) atoms. The van der Waals surface area contributed by atoms with Crippen molar-refractivity contribution >= 4 is 15.9 Å². The van der Waals surface area contributed by atoms with Crippen molar-refractivity contribution in [2.45, 2.75) is 25.1 Å². The van der Waals surface area contributed by atoms with E-state index in [1.807, 2.05) is 6.07 Å². The van der Waals surface area contributed by atoms with Crippen LogP contribution in [0.4, 0.5) is 0 Å². The number of nitrogens with one attached hydrogen (secondary N) is 2. The molecule has 1 aliphatic carbocycles. The van der Waals surface area contributed by atoms with Crippen LogP contribution in [0.25, 0.3) is 0 Å². The fourth-order valence-corrected chi connectivity index (χ4v) is 3.13. The van der Waals surface area contributed by atoms with Crippen LogP contribution in [0.1, 0.15) is 24.0 Å². The number of hydrogen-bond donors (Lipinski definition) is 3. The van der Waals surface area contributed by atoms with Crippen LogP contribution in [-0.4, -0.2) is 27.4 Å². The van der Waals surface area contributed by atoms with Gasteiger partial charge in [0.25, 0.3) is 0 Å². The van der Waals surface area contributed by atoms with Crippen LogP contribution in [0.5, 0.6) is 0 Å². The van der Waals surface area contributed by atoms with E-state index in [1.54, 1.807) is 18.2 Å². The molecule has 1 saturated carbocycles. The number of carbonyl (C=O) groups is 1. The Morgan fingerprint density at radius 2 is 1.95 bits per heavy atom. The van der Waals surface area contributed by atoms with E-state index >= 15 is 0 Å². The van der Waals surface area contributed by atoms with Crippen molar-refractivity contribution in [3.8, 4) is 0 Å². The number of nitrogens with two attached hydrogens (primary N) is 1. The van der Waals surface area contributed by atoms with E-state index in [0.717, 1.165) is 18.4 Å². The maximum absolute atomic E-state index is 11.9. The number of amides is 1. The van der Waals surface area contributed by atoms with Gasteiger partial charge in [0.1, 0.15) is 0 Å². The predicted octanol–water partition coefficient (Wildman–Crippen LogP) is 0.0909. The van der Waals surface area contributed by atoms with Crippen molar-refractivity contribution in [1.29, 1.82) is 0 Å². The Balaban J connectivity index is 1.76. The predicted molar refractivity (Wildman–Crippen MR) is 80.7 cm³/mol. The van der Waals surface area contributed by atoms with E-state index in [0.29, 0.717) is 18.7 Å². The van der Waals surface area contributed by atoms with E-state index in [-0.39, 0.29) is 24.1 Å². The molecule has 0 bridgehead atoms. The summed E-state index contributed by atoms with van der Waals surface area (Å²) >= 11 is 0. The Morgan fingerprint density at radius 1 is 1.24 bits per heavy atom. The van der Waals surface area contributed by atoms with Gasteiger partial charge in [-0.2, -0.15) is 0 Å². The molecule has 6 nitrogen and oxygen atoms in total. The molecule has 1 aliphatic rings. The number of hydrogen-bond acceptors (Lipinski definition) is 4. The molecule has 1 fully saturated rings. The summed E-state index contributed by atoms with van der Waals surface area (Å²) in [5.74, 6) is 0.0719. The van der Waals surface area contributed by atoms with Crippen LogP contribution in [0.15, 0.2) is 24.3 Å². The van der Waals surface area contributed by atoms with E-state index in [2.05, 4.69) is 10.0 Å². The van der Waals surface area contributed by atoms with Crippen molar-refractivity contribution in [2.75, 3.05) is 13.1 Å². The lowest BCUT2D eigenvalue weighted by Crippen LogP contribution is -2.35. The summed E-state index contributed by atoms with van der Waals surface area (Å²) in [4.78, 5) is 11.4. The quantitative estimate of drug-likeness (QED) is 0.592. The molecule has 0 aliphatic heterocycles. The van der Waals surface area contributed by atoms with Gasteiger partial charge in [-0.25, -0.2) is 13.1 Å². The Labute approximate surface area is 125 Å². The Kier molecular flexibility index (Phi) is 5.33. The maximum Gasteiger partial charge on any atom is 0.223 e. The van der Waals surface area contributed by atoms with Crippen molar-refractivity contribution in [2.24, 2.45) is 11.7 Å². The Bertz CT molecular complexity index is 597. The molecule has 0 atom stereocenters. The topological polar surface area (TPSA) is 101 Å². The summed E-state index contributed by atoms with van der Waals surface area (Å²) in [6, 6.07) is 7.20. The summed E-state index contributed by atoms with van der Waals surface area (Å²) in [5.41, 5.74) is 7.14. The van der Waals surface area contributed by atoms with Crippen LogP contribution < -0.4 is 15.8 Å². The summed E-state index contributed by atoms with van der Waals surface area (Å²) in [7, 11) is -3.40. The van der Waals surface area contributed by atoms with Gasteiger partial charge in [0, 0.05) is 25.6 Å². The van der Waals surface area contributed by atoms with Gasteiger partial charge >= 0.3 is 0 Å². The van der Waals surface area contributed by atoms with Gasteiger partial charge in [0.05, 0.1) is 5.75 Å². The zero-order valence-electron chi connectivity index (χ0n) is 11.8. The molecule has 0 aromatic heterocycles. The highest BCUT2D eigenvalue weighted by Crippen LogP contribution is 2.28. The minimum atomic E-state index is -3.40. The second-order valence-electron chi connectivity index (χ2n) is 5.24. The minimum Gasteiger partial charge on any atom is -0.355 e. The van der Waals surface area contributed by atoms with Crippen LogP contribution in [0, 0.1) is 5.92 Å². The van der Waals surface area contributed by atoms with Crippen LogP contribution in [0.2, 0.25) is 0 Å². The molecule has 0 spiro atoms. The largest absolute Gasteiger partial charge is 0.355 e. The third-order valence-electron chi connectivity index (χ3n) is 3.28. The molecule has 0 saturated heterocycles. The standard InChI is InChI=1S/C14H21N3O3S/c15-9-11-2-1-3-12(8-11)10-21(19,20)17-7-6-16-14(18)13-4-5-13/h1-3,8,13,17H,4-7,9-10,15H2,(H,16,18). The van der Waals surface area contributed by atoms with E-state index in [9.17, 15) is 13.2 Å². The lowest BCUT2D eigenvalue weighted by atomic mass is 10.1. The first-order chi connectivity index (χ1) is 10.00. The molecule has 0 unspecified atom stereocenters. The normalized spacial score (nSPS) is 14.9. The molecular weight excluding hydrogens is 290 g/mol. The molecule has 0 heterocycles. The molecule has 116 valence electrons. The van der Waals surface area contributed by atoms with Crippen LogP contribution in [-0.2, 0) is 27.1 Å². The molecule has 1 amide bonds. The van der Waals surface area contributed by atoms with Gasteiger partial charge in [0.2, 0.25) is 15.9 Å². The van der Waals surface area contributed by atoms with Crippen molar-refractivity contribution in [3.63, 3.8) is 0 Å². The molecule has 2 rings (SSSR count). The smallest absolute Gasteiger partial charge is 0.223 e. The summed E-state index contributed by atoms with van der Waals surface area (Å²) in [6.45, 7) is 0.906. The van der Waals surface area contributed by atoms with Crippen molar-refractivity contribution in [1.82, 2.24) is 10.0 Å². The average Bonchev–Trinajstić information content (AvgIpc) is 3.27. The van der Waals surface area contributed by atoms with Gasteiger partial charge in [-0.05, 0) is 24.0 Å². The number of benzene rings is 1. The van der Waals surface area contributed by atoms with Crippen LogP contribution >= 0.6 is 0 Å². The first-order valence-corrected chi connectivity index (χ1v) is 8.68. The number of sulfonamides is 1. The fourth-order valence-electron chi connectivity index (χ4n) is 2.00. The lowest BCUT2D eigenvalue weighted by molar-refractivity contribution is -0.122. The number of carbonyl (C=O) groups excluding carboxylic acids is 1. The monoisotopic (exact) mass is 311 g/mol. The second-order valence-corrected chi connectivity index (χ2v) is 7.05. The van der Waals surface area contributed by atoms with Gasteiger partial charge in [-0.3, -0.25) is 4.79 Å². The highest BCUT2D eigenvalue weighted by atomic mass is 32.2. The van der Waals surface area contributed by atoms with Gasteiger partial charge in [0.15, 0.2) is 0 Å². The van der Waals surface area contributed by atoms with Gasteiger partial charge < -0.3 is 11.1 Å². The summed E-state index contributed by atoms with van der Waals surface area (Å²) in [6.07, 6.45) is 1.88. The van der Waals surface area contributed by atoms with Gasteiger partial charge in [-0.1, -0.05) is 24.3 Å². The van der Waals surface area contributed by atoms with Gasteiger partial charge in [-0.15, -0.1) is 0 Å². The third kappa shape index (κ3) is 5.45. The first-order valence-electron chi connectivity index (χ1n) is 7.03. The third-order valence-corrected chi connectivity index (χ3v) is 4.64. The fraction of sp³-hybridized carbons (Fsp3) is 0.500. The second kappa shape index (κ2) is 7.02. The highest BCUT2D eigenvalue weighted by molar-refractivity contribution is 7.88. The molecule has 4 N–H and O–H groups in total. The Hall–Kier alpha value is -1.44. The highest BCUT2D eigenvalue weighted by Gasteiger charge is 2.29. The molecule has 7 heteroatoms. The average molecular weight is 311 g/mol. The zero-order chi connectivity index (χ0) is 15.3. The first kappa shape index (κ1) is 15.9. The van der Waals surface area contributed by atoms with E-state index in [4.69, 9.17) is 5.73 Å². The van der Waals surface area contributed by atoms with Crippen LogP contribution in [0.3, 0.4) is 0 Å².